The standard InChI is InChI=1S/C16H19NO4/c18-15(19)10-9-14-8-4-5-11-17(14)16(20)21-12-13-6-2-1-3-7-13/h1-3,6-7,9-10,14H,4-5,8,11-12H2,(H,18,19). The van der Waals surface area contributed by atoms with Gasteiger partial charge in [-0.1, -0.05) is 36.4 Å². The summed E-state index contributed by atoms with van der Waals surface area (Å²) in [6.45, 7) is 0.827. The van der Waals surface area contributed by atoms with Crippen molar-refractivity contribution in [2.24, 2.45) is 0 Å². The maximum absolute atomic E-state index is 12.1. The largest absolute Gasteiger partial charge is 0.478 e. The second kappa shape index (κ2) is 7.47. The molecule has 5 nitrogen and oxygen atoms in total. The van der Waals surface area contributed by atoms with E-state index in [1.54, 1.807) is 11.0 Å². The van der Waals surface area contributed by atoms with Gasteiger partial charge in [0.1, 0.15) is 6.61 Å². The minimum absolute atomic E-state index is 0.196. The maximum atomic E-state index is 12.1. The van der Waals surface area contributed by atoms with E-state index in [4.69, 9.17) is 9.84 Å². The van der Waals surface area contributed by atoms with Crippen LogP contribution in [0.1, 0.15) is 24.8 Å². The van der Waals surface area contributed by atoms with Gasteiger partial charge in [-0.2, -0.15) is 0 Å². The van der Waals surface area contributed by atoms with Crippen LogP contribution >= 0.6 is 0 Å². The third-order valence-corrected chi connectivity index (χ3v) is 3.45. The monoisotopic (exact) mass is 289 g/mol. The zero-order chi connectivity index (χ0) is 15.1. The number of carboxylic acid groups (broad SMARTS) is 1. The fourth-order valence-electron chi connectivity index (χ4n) is 2.38. The molecule has 1 atom stereocenters. The van der Waals surface area contributed by atoms with E-state index in [1.807, 2.05) is 30.3 Å². The van der Waals surface area contributed by atoms with Crippen molar-refractivity contribution < 1.29 is 19.4 Å². The van der Waals surface area contributed by atoms with Gasteiger partial charge in [-0.15, -0.1) is 0 Å². The highest BCUT2D eigenvalue weighted by atomic mass is 16.6. The van der Waals surface area contributed by atoms with Crippen LogP contribution in [-0.4, -0.2) is 34.7 Å². The Hall–Kier alpha value is -2.30. The number of carbonyl (C=O) groups is 2. The van der Waals surface area contributed by atoms with Crippen LogP contribution in [0.25, 0.3) is 0 Å². The van der Waals surface area contributed by atoms with Crippen LogP contribution in [0, 0.1) is 0 Å². The third kappa shape index (κ3) is 4.63. The van der Waals surface area contributed by atoms with E-state index in [2.05, 4.69) is 0 Å². The van der Waals surface area contributed by atoms with Crippen LogP contribution < -0.4 is 0 Å². The summed E-state index contributed by atoms with van der Waals surface area (Å²) in [4.78, 5) is 24.4. The number of amides is 1. The molecule has 0 saturated carbocycles. The summed E-state index contributed by atoms with van der Waals surface area (Å²) in [5, 5.41) is 8.70. The third-order valence-electron chi connectivity index (χ3n) is 3.45. The van der Waals surface area contributed by atoms with Gasteiger partial charge in [-0.25, -0.2) is 9.59 Å². The van der Waals surface area contributed by atoms with Crippen LogP contribution in [0.4, 0.5) is 4.79 Å². The molecule has 0 bridgehead atoms. The van der Waals surface area contributed by atoms with Gasteiger partial charge in [-0.3, -0.25) is 0 Å². The predicted octanol–water partition coefficient (Wildman–Crippen LogP) is 2.82. The number of likely N-dealkylation sites (tertiary alicyclic amines) is 1. The topological polar surface area (TPSA) is 66.8 Å². The lowest BCUT2D eigenvalue weighted by atomic mass is 10.0. The second-order valence-corrected chi connectivity index (χ2v) is 4.99. The molecule has 112 valence electrons. The molecule has 1 aliphatic heterocycles. The smallest absolute Gasteiger partial charge is 0.410 e. The minimum atomic E-state index is -1.00. The fraction of sp³-hybridized carbons (Fsp3) is 0.375. The number of rotatable bonds is 4. The lowest BCUT2D eigenvalue weighted by Crippen LogP contribution is -2.43. The minimum Gasteiger partial charge on any atom is -0.478 e. The molecule has 21 heavy (non-hydrogen) atoms. The highest BCUT2D eigenvalue weighted by Crippen LogP contribution is 2.19. The maximum Gasteiger partial charge on any atom is 0.410 e. The number of aliphatic carboxylic acids is 1. The number of ether oxygens (including phenoxy) is 1. The molecule has 0 radical (unpaired) electrons. The molecular weight excluding hydrogens is 270 g/mol. The molecule has 1 aromatic carbocycles. The lowest BCUT2D eigenvalue weighted by Gasteiger charge is -2.33. The Balaban J connectivity index is 1.93. The molecule has 1 unspecified atom stereocenters. The molecule has 1 aliphatic rings. The molecule has 1 heterocycles. The molecule has 1 N–H and O–H groups in total. The quantitative estimate of drug-likeness (QED) is 0.865. The molecule has 2 rings (SSSR count). The average Bonchev–Trinajstić information content (AvgIpc) is 2.52. The van der Waals surface area contributed by atoms with Crippen LogP contribution in [0.5, 0.6) is 0 Å². The van der Waals surface area contributed by atoms with Gasteiger partial charge in [0.2, 0.25) is 0 Å². The van der Waals surface area contributed by atoms with Crippen molar-refractivity contribution in [1.82, 2.24) is 4.90 Å². The normalized spacial score (nSPS) is 18.7. The van der Waals surface area contributed by atoms with E-state index in [9.17, 15) is 9.59 Å². The summed E-state index contributed by atoms with van der Waals surface area (Å²) in [5.41, 5.74) is 0.931. The van der Waals surface area contributed by atoms with Crippen LogP contribution in [0.3, 0.4) is 0 Å². The van der Waals surface area contributed by atoms with Crippen LogP contribution in [0.2, 0.25) is 0 Å². The first-order valence-corrected chi connectivity index (χ1v) is 7.05. The molecule has 5 heteroatoms. The van der Waals surface area contributed by atoms with Gasteiger partial charge in [0.15, 0.2) is 0 Å². The Morgan fingerprint density at radius 1 is 1.29 bits per heavy atom. The molecule has 1 amide bonds. The number of nitrogens with zero attached hydrogens (tertiary/aromatic N) is 1. The molecule has 0 aromatic heterocycles. The van der Waals surface area contributed by atoms with Crippen molar-refractivity contribution in [1.29, 1.82) is 0 Å². The Labute approximate surface area is 123 Å². The van der Waals surface area contributed by atoms with Crippen LogP contribution in [0.15, 0.2) is 42.5 Å². The van der Waals surface area contributed by atoms with Crippen molar-refractivity contribution in [3.05, 3.63) is 48.0 Å². The van der Waals surface area contributed by atoms with Gasteiger partial charge in [0.25, 0.3) is 0 Å². The molecule has 0 aliphatic carbocycles. The van der Waals surface area contributed by atoms with Crippen molar-refractivity contribution in [3.63, 3.8) is 0 Å². The van der Waals surface area contributed by atoms with Gasteiger partial charge in [0.05, 0.1) is 6.04 Å². The summed E-state index contributed by atoms with van der Waals surface area (Å²) >= 11 is 0. The zero-order valence-corrected chi connectivity index (χ0v) is 11.8. The summed E-state index contributed by atoms with van der Waals surface area (Å²) < 4.78 is 5.31. The van der Waals surface area contributed by atoms with Crippen molar-refractivity contribution in [2.45, 2.75) is 31.9 Å². The number of carboxylic acids is 1. The van der Waals surface area contributed by atoms with Crippen molar-refractivity contribution in [2.75, 3.05) is 6.54 Å². The first kappa shape index (κ1) is 15.1. The fourth-order valence-corrected chi connectivity index (χ4v) is 2.38. The van der Waals surface area contributed by atoms with E-state index < -0.39 is 12.1 Å². The summed E-state index contributed by atoms with van der Waals surface area (Å²) in [7, 11) is 0. The Bertz CT molecular complexity index is 512. The van der Waals surface area contributed by atoms with Gasteiger partial charge in [-0.05, 0) is 24.8 Å². The lowest BCUT2D eigenvalue weighted by molar-refractivity contribution is -0.131. The van der Waals surface area contributed by atoms with Gasteiger partial charge in [0, 0.05) is 12.6 Å². The number of hydrogen-bond donors (Lipinski definition) is 1. The molecular formula is C16H19NO4. The van der Waals surface area contributed by atoms with E-state index >= 15 is 0 Å². The highest BCUT2D eigenvalue weighted by Gasteiger charge is 2.26. The van der Waals surface area contributed by atoms with Crippen molar-refractivity contribution in [3.8, 4) is 0 Å². The molecule has 0 spiro atoms. The van der Waals surface area contributed by atoms with Crippen molar-refractivity contribution >= 4 is 12.1 Å². The van der Waals surface area contributed by atoms with E-state index in [0.29, 0.717) is 6.54 Å². The number of carbonyl (C=O) groups excluding carboxylic acids is 1. The first-order chi connectivity index (χ1) is 10.2. The molecule has 1 fully saturated rings. The summed E-state index contributed by atoms with van der Waals surface area (Å²) in [6, 6.07) is 9.28. The predicted molar refractivity (Wildman–Crippen MR) is 77.7 cm³/mol. The SMILES string of the molecule is O=C(O)C=CC1CCCCN1C(=O)OCc1ccccc1. The average molecular weight is 289 g/mol. The second-order valence-electron chi connectivity index (χ2n) is 4.99. The number of benzene rings is 1. The first-order valence-electron chi connectivity index (χ1n) is 7.05. The zero-order valence-electron chi connectivity index (χ0n) is 11.8. The summed E-state index contributed by atoms with van der Waals surface area (Å²) in [5.74, 6) is -1.00. The Morgan fingerprint density at radius 2 is 2.05 bits per heavy atom. The summed E-state index contributed by atoms with van der Waals surface area (Å²) in [6.07, 6.45) is 4.93. The van der Waals surface area contributed by atoms with Crippen LogP contribution in [-0.2, 0) is 16.1 Å². The van der Waals surface area contributed by atoms with Gasteiger partial charge >= 0.3 is 12.1 Å². The van der Waals surface area contributed by atoms with E-state index in [0.717, 1.165) is 30.9 Å². The Morgan fingerprint density at radius 3 is 2.76 bits per heavy atom. The van der Waals surface area contributed by atoms with Gasteiger partial charge < -0.3 is 14.7 Å². The highest BCUT2D eigenvalue weighted by molar-refractivity contribution is 5.80. The molecule has 1 aromatic rings. The van der Waals surface area contributed by atoms with E-state index in [-0.39, 0.29) is 12.6 Å². The van der Waals surface area contributed by atoms with E-state index in [1.165, 1.54) is 0 Å². The molecule has 1 saturated heterocycles. The number of hydrogen-bond acceptors (Lipinski definition) is 3. The Kier molecular flexibility index (Phi) is 5.37. The number of piperidine rings is 1.